The Morgan fingerprint density at radius 2 is 1.08 bits per heavy atom. The van der Waals surface area contributed by atoms with Crippen LogP contribution < -0.4 is 11.5 Å². The van der Waals surface area contributed by atoms with Gasteiger partial charge in [0.15, 0.2) is 0 Å². The van der Waals surface area contributed by atoms with Crippen molar-refractivity contribution in [2.24, 2.45) is 11.5 Å². The van der Waals surface area contributed by atoms with E-state index in [0.717, 1.165) is 0 Å². The summed E-state index contributed by atoms with van der Waals surface area (Å²) >= 11 is 0. The van der Waals surface area contributed by atoms with Gasteiger partial charge in [0.1, 0.15) is 0 Å². The van der Waals surface area contributed by atoms with Gasteiger partial charge >= 0.3 is 29.6 Å². The molecule has 0 bridgehead atoms. The molecule has 1 rings (SSSR count). The van der Waals surface area contributed by atoms with Crippen molar-refractivity contribution in [2.75, 3.05) is 0 Å². The Morgan fingerprint density at radius 3 is 1.23 bits per heavy atom. The fourth-order valence-corrected chi connectivity index (χ4v) is 0.799. The number of amides is 2. The second-order valence-corrected chi connectivity index (χ2v) is 2.31. The number of rotatable bonds is 2. The predicted molar refractivity (Wildman–Crippen MR) is 50.6 cm³/mol. The predicted octanol–water partition coefficient (Wildman–Crippen LogP) is -0.764. The molecule has 13 heavy (non-hydrogen) atoms. The number of hydrogen-bond donors (Lipinski definition) is 2. The van der Waals surface area contributed by atoms with Crippen LogP contribution in [-0.4, -0.2) is 41.4 Å². The first-order valence-corrected chi connectivity index (χ1v) is 3.31. The molecule has 0 aromatic heterocycles. The van der Waals surface area contributed by atoms with Crippen LogP contribution in [0.1, 0.15) is 20.7 Å². The van der Waals surface area contributed by atoms with E-state index in [1.807, 2.05) is 0 Å². The number of hydrogen-bond acceptors (Lipinski definition) is 2. The average Bonchev–Trinajstić information content (AvgIpc) is 2.04. The molecule has 5 heteroatoms. The van der Waals surface area contributed by atoms with Crippen molar-refractivity contribution in [2.45, 2.75) is 0 Å². The van der Waals surface area contributed by atoms with Crippen LogP contribution in [0.5, 0.6) is 0 Å². The first-order valence-electron chi connectivity index (χ1n) is 3.31. The summed E-state index contributed by atoms with van der Waals surface area (Å²) in [6.07, 6.45) is 0. The molecule has 1 aromatic carbocycles. The molecule has 0 spiro atoms. The summed E-state index contributed by atoms with van der Waals surface area (Å²) in [6.45, 7) is 0. The van der Waals surface area contributed by atoms with Crippen molar-refractivity contribution in [3.8, 4) is 0 Å². The molecule has 2 amide bonds. The summed E-state index contributed by atoms with van der Waals surface area (Å²) < 4.78 is 0. The van der Waals surface area contributed by atoms with Crippen molar-refractivity contribution in [1.29, 1.82) is 0 Å². The topological polar surface area (TPSA) is 86.2 Å². The molecule has 0 heterocycles. The van der Waals surface area contributed by atoms with Crippen molar-refractivity contribution in [3.63, 3.8) is 0 Å². The number of carbonyl (C=O) groups is 2. The summed E-state index contributed by atoms with van der Waals surface area (Å²) in [5.41, 5.74) is 10.7. The van der Waals surface area contributed by atoms with Crippen LogP contribution in [0, 0.1) is 0 Å². The Morgan fingerprint density at radius 1 is 0.846 bits per heavy atom. The standard InChI is InChI=1S/C8H8N2O2.Na.H/c9-7(11)5-1-2-6(4-3-5)8(10)12;;/h1-4H,(H2,9,11)(H2,10,12);;. The normalized spacial score (nSPS) is 8.62. The molecular weight excluding hydrogens is 179 g/mol. The third-order valence-electron chi connectivity index (χ3n) is 1.45. The van der Waals surface area contributed by atoms with Gasteiger partial charge < -0.3 is 11.5 Å². The molecule has 4 nitrogen and oxygen atoms in total. The molecule has 1 aromatic rings. The molecule has 0 saturated carbocycles. The third kappa shape index (κ3) is 3.18. The van der Waals surface area contributed by atoms with Crippen molar-refractivity contribution in [1.82, 2.24) is 0 Å². The van der Waals surface area contributed by atoms with E-state index in [1.165, 1.54) is 24.3 Å². The zero-order chi connectivity index (χ0) is 9.14. The van der Waals surface area contributed by atoms with E-state index in [9.17, 15) is 9.59 Å². The number of primary amides is 2. The minimum absolute atomic E-state index is 0. The van der Waals surface area contributed by atoms with E-state index >= 15 is 0 Å². The molecule has 64 valence electrons. The van der Waals surface area contributed by atoms with E-state index in [2.05, 4.69) is 0 Å². The number of carbonyl (C=O) groups excluding carboxylic acids is 2. The quantitative estimate of drug-likeness (QED) is 0.597. The van der Waals surface area contributed by atoms with Gasteiger partial charge in [-0.2, -0.15) is 0 Å². The van der Waals surface area contributed by atoms with Gasteiger partial charge in [-0.05, 0) is 24.3 Å². The van der Waals surface area contributed by atoms with Gasteiger partial charge in [-0.15, -0.1) is 0 Å². The fraction of sp³-hybridized carbons (Fsp3) is 0. The summed E-state index contributed by atoms with van der Waals surface area (Å²) in [5.74, 6) is -1.04. The van der Waals surface area contributed by atoms with Gasteiger partial charge in [-0.25, -0.2) is 0 Å². The van der Waals surface area contributed by atoms with E-state index in [4.69, 9.17) is 11.5 Å². The van der Waals surface area contributed by atoms with E-state index in [1.54, 1.807) is 0 Å². The van der Waals surface area contributed by atoms with Gasteiger partial charge in [0.05, 0.1) is 0 Å². The van der Waals surface area contributed by atoms with Crippen molar-refractivity contribution >= 4 is 41.4 Å². The summed E-state index contributed by atoms with van der Waals surface area (Å²) in [7, 11) is 0. The monoisotopic (exact) mass is 188 g/mol. The second-order valence-electron chi connectivity index (χ2n) is 2.31. The first kappa shape index (κ1) is 12.2. The number of nitrogens with two attached hydrogens (primary N) is 2. The fourth-order valence-electron chi connectivity index (χ4n) is 0.799. The molecule has 0 radical (unpaired) electrons. The molecule has 0 fully saturated rings. The van der Waals surface area contributed by atoms with Gasteiger partial charge in [0.25, 0.3) is 0 Å². The summed E-state index contributed by atoms with van der Waals surface area (Å²) in [4.78, 5) is 21.2. The summed E-state index contributed by atoms with van der Waals surface area (Å²) in [6, 6.07) is 5.84. The Balaban J connectivity index is 0.00000144. The average molecular weight is 188 g/mol. The van der Waals surface area contributed by atoms with Crippen LogP contribution in [-0.2, 0) is 0 Å². The molecule has 0 unspecified atom stereocenters. The Bertz CT molecular complexity index is 288. The molecule has 4 N–H and O–H groups in total. The van der Waals surface area contributed by atoms with Crippen LogP contribution in [0.15, 0.2) is 24.3 Å². The third-order valence-corrected chi connectivity index (χ3v) is 1.45. The summed E-state index contributed by atoms with van der Waals surface area (Å²) in [5, 5.41) is 0. The molecule has 0 aliphatic carbocycles. The maximum atomic E-state index is 10.6. The molecule has 0 aliphatic heterocycles. The van der Waals surface area contributed by atoms with Gasteiger partial charge in [0, 0.05) is 11.1 Å². The van der Waals surface area contributed by atoms with Crippen LogP contribution in [0.4, 0.5) is 0 Å². The maximum absolute atomic E-state index is 10.6. The van der Waals surface area contributed by atoms with Gasteiger partial charge in [0.2, 0.25) is 11.8 Å². The van der Waals surface area contributed by atoms with Crippen LogP contribution in [0.3, 0.4) is 0 Å². The van der Waals surface area contributed by atoms with Crippen LogP contribution >= 0.6 is 0 Å². The van der Waals surface area contributed by atoms with Crippen molar-refractivity contribution < 1.29 is 9.59 Å². The SMILES string of the molecule is NC(=O)c1ccc(C(N)=O)cc1.[NaH]. The zero-order valence-corrected chi connectivity index (χ0v) is 6.28. The number of benzene rings is 1. The van der Waals surface area contributed by atoms with Gasteiger partial charge in [-0.1, -0.05) is 0 Å². The Labute approximate surface area is 97.6 Å². The zero-order valence-electron chi connectivity index (χ0n) is 6.28. The first-order chi connectivity index (χ1) is 5.61. The van der Waals surface area contributed by atoms with Gasteiger partial charge in [-0.3, -0.25) is 9.59 Å². The Hall–Kier alpha value is -0.840. The van der Waals surface area contributed by atoms with Crippen molar-refractivity contribution in [3.05, 3.63) is 35.4 Å². The minimum atomic E-state index is -0.522. The second kappa shape index (κ2) is 5.01. The Kier molecular flexibility index (Phi) is 4.69. The molecule has 0 aliphatic rings. The molecule has 0 saturated heterocycles. The van der Waals surface area contributed by atoms with E-state index in [0.29, 0.717) is 11.1 Å². The molecular formula is C8H9N2NaO2. The van der Waals surface area contributed by atoms with E-state index in [-0.39, 0.29) is 29.6 Å². The van der Waals surface area contributed by atoms with E-state index < -0.39 is 11.8 Å². The van der Waals surface area contributed by atoms with Crippen LogP contribution in [0.2, 0.25) is 0 Å². The van der Waals surface area contributed by atoms with Crippen LogP contribution in [0.25, 0.3) is 0 Å². The molecule has 0 atom stereocenters.